The van der Waals surface area contributed by atoms with Crippen LogP contribution in [-0.4, -0.2) is 158 Å². The highest BCUT2D eigenvalue weighted by atomic mass is 16.6. The van der Waals surface area contributed by atoms with E-state index >= 15 is 0 Å². The molecule has 61 heavy (non-hydrogen) atoms. The van der Waals surface area contributed by atoms with Crippen molar-refractivity contribution in [3.05, 3.63) is 0 Å². The summed E-state index contributed by atoms with van der Waals surface area (Å²) in [7, 11) is 1.36. The number of nitrogens with zero attached hydrogens (tertiary/aromatic N) is 5. The van der Waals surface area contributed by atoms with E-state index in [1.165, 1.54) is 12.0 Å². The Morgan fingerprint density at radius 1 is 0.656 bits per heavy atom. The fourth-order valence-electron chi connectivity index (χ4n) is 6.59. The van der Waals surface area contributed by atoms with E-state index in [-0.39, 0.29) is 72.9 Å². The molecule has 21 heteroatoms. The molecule has 6 heterocycles. The summed E-state index contributed by atoms with van der Waals surface area (Å²) in [6.07, 6.45) is 2.00. The maximum atomic E-state index is 11.8. The van der Waals surface area contributed by atoms with Crippen LogP contribution in [0.25, 0.3) is 0 Å². The third kappa shape index (κ3) is 17.5. The Morgan fingerprint density at radius 2 is 1.08 bits per heavy atom. The van der Waals surface area contributed by atoms with Crippen molar-refractivity contribution in [3.63, 3.8) is 0 Å². The Balaban J connectivity index is 0.000000219. The van der Waals surface area contributed by atoms with Crippen LogP contribution in [0.3, 0.4) is 0 Å². The maximum absolute atomic E-state index is 11.8. The lowest BCUT2D eigenvalue weighted by molar-refractivity contribution is -0.145. The Bertz CT molecular complexity index is 1590. The fourth-order valence-corrected chi connectivity index (χ4v) is 6.59. The first-order valence-corrected chi connectivity index (χ1v) is 20.6. The summed E-state index contributed by atoms with van der Waals surface area (Å²) in [4.78, 5) is 92.1. The van der Waals surface area contributed by atoms with Gasteiger partial charge in [0.1, 0.15) is 29.9 Å². The second-order valence-corrected chi connectivity index (χ2v) is 18.2. The number of cyclic esters (lactones) is 2. The number of carbonyl (C=O) groups is 7. The van der Waals surface area contributed by atoms with Crippen LogP contribution in [0.2, 0.25) is 0 Å². The molecular weight excluding hydrogens is 800 g/mol. The smallest absolute Gasteiger partial charge is 0.410 e. The number of likely N-dealkylation sites (tertiary alicyclic amines) is 3. The summed E-state index contributed by atoms with van der Waals surface area (Å²) < 4.78 is 30.3. The normalized spacial score (nSPS) is 23.4. The minimum Gasteiger partial charge on any atom is -0.469 e. The Hall–Kier alpha value is -5.05. The molecule has 0 aromatic heterocycles. The predicted octanol–water partition coefficient (Wildman–Crippen LogP) is 2.40. The predicted molar refractivity (Wildman–Crippen MR) is 220 cm³/mol. The molecule has 344 valence electrons. The number of nitrogens with two attached hydrogens (primary N) is 1. The summed E-state index contributed by atoms with van der Waals surface area (Å²) in [5, 5.41) is 3.19. The highest BCUT2D eigenvalue weighted by Crippen LogP contribution is 2.24. The molecule has 0 radical (unpaired) electrons. The molecule has 6 aliphatic heterocycles. The minimum atomic E-state index is -0.509. The third-order valence-electron chi connectivity index (χ3n) is 9.49. The molecule has 0 spiro atoms. The van der Waals surface area contributed by atoms with Crippen LogP contribution in [0.1, 0.15) is 88.0 Å². The topological polar surface area (TPSA) is 259 Å². The van der Waals surface area contributed by atoms with Crippen LogP contribution in [0.15, 0.2) is 9.98 Å². The van der Waals surface area contributed by atoms with Crippen molar-refractivity contribution in [1.82, 2.24) is 25.4 Å². The summed E-state index contributed by atoms with van der Waals surface area (Å²) >= 11 is 0. The van der Waals surface area contributed by atoms with Gasteiger partial charge in [0, 0.05) is 51.7 Å². The van der Waals surface area contributed by atoms with Crippen LogP contribution in [0.5, 0.6) is 0 Å². The van der Waals surface area contributed by atoms with E-state index in [0.717, 1.165) is 25.9 Å². The summed E-state index contributed by atoms with van der Waals surface area (Å²) in [5.74, 6) is 5.04. The van der Waals surface area contributed by atoms with Crippen LogP contribution in [0, 0.1) is 23.7 Å². The number of methoxy groups -OCH3 is 1. The van der Waals surface area contributed by atoms with Gasteiger partial charge in [-0.2, -0.15) is 0 Å². The van der Waals surface area contributed by atoms with Crippen LogP contribution in [0.4, 0.5) is 14.4 Å². The first-order valence-electron chi connectivity index (χ1n) is 20.6. The number of aliphatic imine (C=N–C) groups is 2. The van der Waals surface area contributed by atoms with E-state index in [9.17, 15) is 33.6 Å². The zero-order chi connectivity index (χ0) is 45.7. The number of rotatable bonds is 4. The number of carbonyl (C=O) groups excluding carboxylic acids is 7. The molecule has 4 unspecified atom stereocenters. The van der Waals surface area contributed by atoms with Crippen LogP contribution in [-0.2, 0) is 47.6 Å². The quantitative estimate of drug-likeness (QED) is 0.121. The van der Waals surface area contributed by atoms with Gasteiger partial charge < -0.3 is 48.4 Å². The van der Waals surface area contributed by atoms with Crippen molar-refractivity contribution < 1.29 is 62.0 Å². The van der Waals surface area contributed by atoms with Gasteiger partial charge in [-0.1, -0.05) is 0 Å². The molecule has 0 aromatic rings. The second kappa shape index (κ2) is 22.2. The largest absolute Gasteiger partial charge is 0.469 e. The Morgan fingerprint density at radius 3 is 1.48 bits per heavy atom. The summed E-state index contributed by atoms with van der Waals surface area (Å²) in [6.45, 7) is 21.6. The average Bonchev–Trinajstić information content (AvgIpc) is 4.00. The van der Waals surface area contributed by atoms with Crippen LogP contribution < -0.4 is 16.6 Å². The molecule has 4 amide bonds. The number of amides is 4. The zero-order valence-corrected chi connectivity index (χ0v) is 37.3. The van der Waals surface area contributed by atoms with E-state index in [1.807, 2.05) is 62.3 Å². The third-order valence-corrected chi connectivity index (χ3v) is 9.49. The van der Waals surface area contributed by atoms with E-state index < -0.39 is 16.8 Å². The van der Waals surface area contributed by atoms with Gasteiger partial charge in [0.25, 0.3) is 0 Å². The SMILES string of the molecule is CC(C)(C)OC(=O)N1CCC(C(=O)NN)C1.CC(C)(C)OC(=O)N1CCC(C2=NCC(=O)O2)C1.COC(=O)C1CCN(C(=O)OC(C)(C)C)C1.O=C1CN=C(C2CCNC2)O1. The van der Waals surface area contributed by atoms with Gasteiger partial charge in [-0.05, 0) is 94.5 Å². The summed E-state index contributed by atoms with van der Waals surface area (Å²) in [6, 6.07) is 0. The highest BCUT2D eigenvalue weighted by molar-refractivity contribution is 5.97. The summed E-state index contributed by atoms with van der Waals surface area (Å²) in [5.41, 5.74) is 0.595. The molecular formula is C40H66N8O13. The maximum Gasteiger partial charge on any atom is 0.410 e. The fraction of sp³-hybridized carbons (Fsp3) is 0.775. The van der Waals surface area contributed by atoms with E-state index in [0.29, 0.717) is 69.8 Å². The molecule has 0 aromatic carbocycles. The van der Waals surface area contributed by atoms with Crippen molar-refractivity contribution >= 4 is 53.9 Å². The van der Waals surface area contributed by atoms with Crippen molar-refractivity contribution in [1.29, 1.82) is 0 Å². The molecule has 6 rings (SSSR count). The molecule has 0 bridgehead atoms. The number of hydrogen-bond donors (Lipinski definition) is 3. The number of nitrogens with one attached hydrogen (secondary N) is 2. The number of esters is 3. The standard InChI is InChI=1S/C12H18N2O4.C11H19NO4.C10H19N3O3.C7H10N2O2/c1-12(2,3)18-11(16)14-5-4-8(7-14)10-13-6-9(15)17-10;1-11(2,3)16-10(14)12-6-5-8(7-12)9(13)15-4;1-10(2,3)16-9(15)13-5-4-7(6-13)8(14)12-11;10-6-4-9-7(11-6)5-1-2-8-3-5/h8H,4-7H2,1-3H3;8H,5-7H2,1-4H3;7H,4-6,11H2,1-3H3,(H,12,14);5,8H,1-4H2. The van der Waals surface area contributed by atoms with E-state index in [1.54, 1.807) is 9.80 Å². The lowest BCUT2D eigenvalue weighted by Crippen LogP contribution is -2.39. The van der Waals surface area contributed by atoms with Crippen LogP contribution >= 0.6 is 0 Å². The van der Waals surface area contributed by atoms with Gasteiger partial charge in [0.05, 0.1) is 24.9 Å². The van der Waals surface area contributed by atoms with Gasteiger partial charge in [-0.25, -0.2) is 39.8 Å². The lowest BCUT2D eigenvalue weighted by Gasteiger charge is -2.24. The van der Waals surface area contributed by atoms with Gasteiger partial charge in [-0.15, -0.1) is 0 Å². The molecule has 6 aliphatic rings. The van der Waals surface area contributed by atoms with Crippen molar-refractivity contribution in [2.75, 3.05) is 72.6 Å². The number of hydrogen-bond acceptors (Lipinski definition) is 17. The molecule has 4 atom stereocenters. The zero-order valence-electron chi connectivity index (χ0n) is 37.3. The first kappa shape index (κ1) is 50.3. The minimum absolute atomic E-state index is 0.0176. The van der Waals surface area contributed by atoms with Gasteiger partial charge in [-0.3, -0.25) is 15.0 Å². The van der Waals surface area contributed by atoms with E-state index in [2.05, 4.69) is 25.5 Å². The molecule has 0 aliphatic carbocycles. The van der Waals surface area contributed by atoms with Gasteiger partial charge >= 0.3 is 36.2 Å². The number of ether oxygens (including phenoxy) is 6. The highest BCUT2D eigenvalue weighted by Gasteiger charge is 2.37. The van der Waals surface area contributed by atoms with Crippen molar-refractivity contribution in [3.8, 4) is 0 Å². The molecule has 4 N–H and O–H groups in total. The van der Waals surface area contributed by atoms with Crippen molar-refractivity contribution in [2.45, 2.75) is 105 Å². The molecule has 4 saturated heterocycles. The molecule has 21 nitrogen and oxygen atoms in total. The second-order valence-electron chi connectivity index (χ2n) is 18.2. The number of hydrazine groups is 1. The van der Waals surface area contributed by atoms with Crippen molar-refractivity contribution in [2.24, 2.45) is 39.5 Å². The monoisotopic (exact) mass is 866 g/mol. The average molecular weight is 867 g/mol. The van der Waals surface area contributed by atoms with Gasteiger partial charge in [0.15, 0.2) is 11.8 Å². The lowest BCUT2D eigenvalue weighted by atomic mass is 10.1. The molecule has 4 fully saturated rings. The Labute approximate surface area is 357 Å². The molecule has 0 saturated carbocycles. The van der Waals surface area contributed by atoms with E-state index in [4.69, 9.17) is 29.5 Å². The Kier molecular flexibility index (Phi) is 18.3. The first-order chi connectivity index (χ1) is 28.4. The van der Waals surface area contributed by atoms with Gasteiger partial charge in [0.2, 0.25) is 5.91 Å².